The maximum Gasteiger partial charge on any atom is 0.193 e. The summed E-state index contributed by atoms with van der Waals surface area (Å²) in [4.78, 5) is 12.5. The second-order valence-corrected chi connectivity index (χ2v) is 4.78. The molecule has 0 saturated heterocycles. The topological polar surface area (TPSA) is 35.5 Å². The molecular formula is C17H18O3. The maximum atomic E-state index is 12.5. The zero-order chi connectivity index (χ0) is 14.7. The number of ether oxygens (including phenoxy) is 2. The van der Waals surface area contributed by atoms with Crippen LogP contribution in [-0.2, 0) is 0 Å². The molecule has 2 aromatic rings. The van der Waals surface area contributed by atoms with Gasteiger partial charge in [-0.25, -0.2) is 0 Å². The number of carbonyl (C=O) groups excluding carboxylic acids is 1. The molecule has 2 rings (SSSR count). The largest absolute Gasteiger partial charge is 0.493 e. The van der Waals surface area contributed by atoms with Gasteiger partial charge in [-0.05, 0) is 44.2 Å². The highest BCUT2D eigenvalue weighted by atomic mass is 16.5. The van der Waals surface area contributed by atoms with Gasteiger partial charge >= 0.3 is 0 Å². The Balaban J connectivity index is 2.42. The zero-order valence-electron chi connectivity index (χ0n) is 12.2. The molecule has 0 radical (unpaired) electrons. The van der Waals surface area contributed by atoms with Gasteiger partial charge in [0.15, 0.2) is 17.3 Å². The fraction of sp³-hybridized carbons (Fsp3) is 0.235. The monoisotopic (exact) mass is 270 g/mol. The zero-order valence-corrected chi connectivity index (χ0v) is 12.2. The average molecular weight is 270 g/mol. The van der Waals surface area contributed by atoms with Crippen molar-refractivity contribution in [3.63, 3.8) is 0 Å². The molecule has 0 aromatic heterocycles. The standard InChI is InChI=1S/C17H18O3/c1-11-7-12(2)9-14(8-11)17(18)13-5-6-15(19-3)16(10-13)20-4/h5-10H,1-4H3. The first kappa shape index (κ1) is 14.1. The molecule has 0 unspecified atom stereocenters. The van der Waals surface area contributed by atoms with Crippen LogP contribution in [0.4, 0.5) is 0 Å². The molecule has 0 N–H and O–H groups in total. The molecule has 0 bridgehead atoms. The van der Waals surface area contributed by atoms with Crippen LogP contribution >= 0.6 is 0 Å². The van der Waals surface area contributed by atoms with E-state index in [2.05, 4.69) is 0 Å². The average Bonchev–Trinajstić information content (AvgIpc) is 2.44. The van der Waals surface area contributed by atoms with E-state index in [4.69, 9.17) is 9.47 Å². The molecule has 0 aliphatic heterocycles. The molecule has 104 valence electrons. The maximum absolute atomic E-state index is 12.5. The third-order valence-corrected chi connectivity index (χ3v) is 3.13. The summed E-state index contributed by atoms with van der Waals surface area (Å²) in [7, 11) is 3.13. The molecule has 3 heteroatoms. The van der Waals surface area contributed by atoms with E-state index < -0.39 is 0 Å². The highest BCUT2D eigenvalue weighted by Gasteiger charge is 2.13. The number of ketones is 1. The Kier molecular flexibility index (Phi) is 4.08. The summed E-state index contributed by atoms with van der Waals surface area (Å²) in [6.45, 7) is 3.97. The van der Waals surface area contributed by atoms with Gasteiger partial charge < -0.3 is 9.47 Å². The minimum absolute atomic E-state index is 0.0160. The summed E-state index contributed by atoms with van der Waals surface area (Å²) < 4.78 is 10.4. The molecule has 0 fully saturated rings. The molecule has 0 aliphatic carbocycles. The lowest BCUT2D eigenvalue weighted by molar-refractivity contribution is 0.103. The van der Waals surface area contributed by atoms with Crippen LogP contribution in [0, 0.1) is 13.8 Å². The lowest BCUT2D eigenvalue weighted by Gasteiger charge is -2.09. The first-order chi connectivity index (χ1) is 9.55. The number of methoxy groups -OCH3 is 2. The fourth-order valence-electron chi connectivity index (χ4n) is 2.25. The van der Waals surface area contributed by atoms with Gasteiger partial charge in [0.05, 0.1) is 14.2 Å². The van der Waals surface area contributed by atoms with Gasteiger partial charge in [0.25, 0.3) is 0 Å². The first-order valence-corrected chi connectivity index (χ1v) is 6.40. The van der Waals surface area contributed by atoms with Crippen LogP contribution in [0.15, 0.2) is 36.4 Å². The number of rotatable bonds is 4. The summed E-state index contributed by atoms with van der Waals surface area (Å²) in [5.74, 6) is 1.16. The molecule has 20 heavy (non-hydrogen) atoms. The van der Waals surface area contributed by atoms with Crippen LogP contribution in [0.1, 0.15) is 27.0 Å². The number of hydrogen-bond donors (Lipinski definition) is 0. The van der Waals surface area contributed by atoms with Crippen LogP contribution in [0.2, 0.25) is 0 Å². The van der Waals surface area contributed by atoms with E-state index in [1.54, 1.807) is 32.4 Å². The Labute approximate surface area is 119 Å². The summed E-state index contributed by atoms with van der Waals surface area (Å²) in [5.41, 5.74) is 3.44. The van der Waals surface area contributed by atoms with Crippen molar-refractivity contribution < 1.29 is 14.3 Å². The van der Waals surface area contributed by atoms with E-state index in [-0.39, 0.29) is 5.78 Å². The van der Waals surface area contributed by atoms with E-state index in [1.165, 1.54) is 0 Å². The van der Waals surface area contributed by atoms with Crippen molar-refractivity contribution in [1.29, 1.82) is 0 Å². The van der Waals surface area contributed by atoms with Gasteiger partial charge in [-0.1, -0.05) is 17.2 Å². The summed E-state index contributed by atoms with van der Waals surface area (Å²) >= 11 is 0. The van der Waals surface area contributed by atoms with Crippen LogP contribution in [0.5, 0.6) is 11.5 Å². The highest BCUT2D eigenvalue weighted by Crippen LogP contribution is 2.28. The number of hydrogen-bond acceptors (Lipinski definition) is 3. The van der Waals surface area contributed by atoms with Crippen LogP contribution < -0.4 is 9.47 Å². The second-order valence-electron chi connectivity index (χ2n) is 4.78. The van der Waals surface area contributed by atoms with Gasteiger partial charge in [0.1, 0.15) is 0 Å². The summed E-state index contributed by atoms with van der Waals surface area (Å²) in [5, 5.41) is 0. The predicted octanol–water partition coefficient (Wildman–Crippen LogP) is 3.55. The molecule has 0 spiro atoms. The van der Waals surface area contributed by atoms with Crippen molar-refractivity contribution in [1.82, 2.24) is 0 Å². The minimum atomic E-state index is -0.0160. The van der Waals surface area contributed by atoms with Gasteiger partial charge in [-0.15, -0.1) is 0 Å². The van der Waals surface area contributed by atoms with Crippen molar-refractivity contribution >= 4 is 5.78 Å². The quantitative estimate of drug-likeness (QED) is 0.797. The van der Waals surface area contributed by atoms with Gasteiger partial charge in [0, 0.05) is 11.1 Å². The van der Waals surface area contributed by atoms with Crippen LogP contribution in [0.25, 0.3) is 0 Å². The van der Waals surface area contributed by atoms with E-state index in [0.29, 0.717) is 22.6 Å². The van der Waals surface area contributed by atoms with Crippen LogP contribution in [0.3, 0.4) is 0 Å². The first-order valence-electron chi connectivity index (χ1n) is 6.40. The Morgan fingerprint density at radius 1 is 0.800 bits per heavy atom. The SMILES string of the molecule is COc1ccc(C(=O)c2cc(C)cc(C)c2)cc1OC. The Morgan fingerprint density at radius 3 is 1.95 bits per heavy atom. The smallest absolute Gasteiger partial charge is 0.193 e. The molecule has 0 amide bonds. The number of carbonyl (C=O) groups is 1. The Morgan fingerprint density at radius 2 is 1.40 bits per heavy atom. The summed E-state index contributed by atoms with van der Waals surface area (Å²) in [6.07, 6.45) is 0. The third-order valence-electron chi connectivity index (χ3n) is 3.13. The third kappa shape index (κ3) is 2.82. The highest BCUT2D eigenvalue weighted by molar-refractivity contribution is 6.09. The van der Waals surface area contributed by atoms with Gasteiger partial charge in [0.2, 0.25) is 0 Å². The molecule has 3 nitrogen and oxygen atoms in total. The van der Waals surface area contributed by atoms with Crippen molar-refractivity contribution in [2.45, 2.75) is 13.8 Å². The minimum Gasteiger partial charge on any atom is -0.493 e. The lowest BCUT2D eigenvalue weighted by Crippen LogP contribution is -2.03. The molecular weight excluding hydrogens is 252 g/mol. The van der Waals surface area contributed by atoms with Crippen molar-refractivity contribution in [3.8, 4) is 11.5 Å². The van der Waals surface area contributed by atoms with E-state index in [0.717, 1.165) is 11.1 Å². The van der Waals surface area contributed by atoms with Gasteiger partial charge in [-0.3, -0.25) is 4.79 Å². The fourth-order valence-corrected chi connectivity index (χ4v) is 2.25. The van der Waals surface area contributed by atoms with Crippen molar-refractivity contribution in [2.24, 2.45) is 0 Å². The Bertz CT molecular complexity index is 624. The molecule has 0 heterocycles. The van der Waals surface area contributed by atoms with E-state index in [1.807, 2.05) is 32.0 Å². The second kappa shape index (κ2) is 5.78. The van der Waals surface area contributed by atoms with Crippen molar-refractivity contribution in [2.75, 3.05) is 14.2 Å². The normalized spacial score (nSPS) is 10.2. The van der Waals surface area contributed by atoms with Crippen molar-refractivity contribution in [3.05, 3.63) is 58.7 Å². The Hall–Kier alpha value is -2.29. The van der Waals surface area contributed by atoms with E-state index in [9.17, 15) is 4.79 Å². The molecule has 0 atom stereocenters. The van der Waals surface area contributed by atoms with Crippen LogP contribution in [-0.4, -0.2) is 20.0 Å². The number of aryl methyl sites for hydroxylation is 2. The van der Waals surface area contributed by atoms with Gasteiger partial charge in [-0.2, -0.15) is 0 Å². The summed E-state index contributed by atoms with van der Waals surface area (Å²) in [6, 6.07) is 11.0. The number of benzene rings is 2. The molecule has 0 saturated carbocycles. The molecule has 0 aliphatic rings. The lowest BCUT2D eigenvalue weighted by atomic mass is 9.99. The van der Waals surface area contributed by atoms with E-state index >= 15 is 0 Å². The predicted molar refractivity (Wildman–Crippen MR) is 78.9 cm³/mol. The molecule has 2 aromatic carbocycles.